The molecule has 0 radical (unpaired) electrons. The van der Waals surface area contributed by atoms with E-state index in [9.17, 15) is 0 Å². The van der Waals surface area contributed by atoms with Gasteiger partial charge in [-0.2, -0.15) is 0 Å². The average Bonchev–Trinajstić information content (AvgIpc) is 2.46. The minimum Gasteiger partial charge on any atom is -0.378 e. The quantitative estimate of drug-likeness (QED) is 0.724. The van der Waals surface area contributed by atoms with Crippen LogP contribution in [0.4, 0.5) is 5.69 Å². The first-order valence-corrected chi connectivity index (χ1v) is 6.73. The van der Waals surface area contributed by atoms with Crippen LogP contribution >= 0.6 is 0 Å². The predicted molar refractivity (Wildman–Crippen MR) is 85.5 cm³/mol. The monoisotopic (exact) mass is 251 g/mol. The van der Waals surface area contributed by atoms with Gasteiger partial charge in [0.25, 0.3) is 0 Å². The van der Waals surface area contributed by atoms with Gasteiger partial charge < -0.3 is 4.90 Å². The van der Waals surface area contributed by atoms with E-state index in [1.54, 1.807) is 0 Å². The molecule has 0 atom stereocenters. The van der Waals surface area contributed by atoms with E-state index in [0.29, 0.717) is 0 Å². The van der Waals surface area contributed by atoms with Crippen LogP contribution in [0, 0.1) is 0 Å². The molecule has 0 fully saturated rings. The molecule has 0 aliphatic rings. The van der Waals surface area contributed by atoms with Crippen molar-refractivity contribution in [2.75, 3.05) is 19.0 Å². The van der Waals surface area contributed by atoms with Crippen molar-refractivity contribution < 1.29 is 0 Å². The molecule has 0 aliphatic heterocycles. The minimum atomic E-state index is 1.09. The fourth-order valence-electron chi connectivity index (χ4n) is 1.94. The number of anilines is 1. The van der Waals surface area contributed by atoms with E-state index in [0.717, 1.165) is 6.42 Å². The zero-order valence-corrected chi connectivity index (χ0v) is 11.9. The first-order valence-electron chi connectivity index (χ1n) is 6.73. The molecule has 19 heavy (non-hydrogen) atoms. The second-order valence-corrected chi connectivity index (χ2v) is 4.91. The molecule has 0 saturated carbocycles. The third kappa shape index (κ3) is 3.72. The molecule has 0 heterocycles. The van der Waals surface area contributed by atoms with Crippen LogP contribution in [0.1, 0.15) is 23.6 Å². The van der Waals surface area contributed by atoms with Gasteiger partial charge in [0.05, 0.1) is 0 Å². The number of hydrogen-bond acceptors (Lipinski definition) is 1. The van der Waals surface area contributed by atoms with E-state index in [2.05, 4.69) is 86.6 Å². The third-order valence-corrected chi connectivity index (χ3v) is 3.27. The van der Waals surface area contributed by atoms with Gasteiger partial charge in [-0.1, -0.05) is 55.5 Å². The topological polar surface area (TPSA) is 3.24 Å². The minimum absolute atomic E-state index is 1.09. The summed E-state index contributed by atoms with van der Waals surface area (Å²) in [5.74, 6) is 0. The van der Waals surface area contributed by atoms with Gasteiger partial charge in [-0.25, -0.2) is 0 Å². The Bertz CT molecular complexity index is 533. The maximum absolute atomic E-state index is 2.19. The third-order valence-electron chi connectivity index (χ3n) is 3.27. The maximum atomic E-state index is 2.19. The molecule has 2 aromatic rings. The molecule has 0 aromatic heterocycles. The lowest BCUT2D eigenvalue weighted by Crippen LogP contribution is -2.07. The summed E-state index contributed by atoms with van der Waals surface area (Å²) in [5, 5.41) is 0. The van der Waals surface area contributed by atoms with Crippen molar-refractivity contribution in [1.82, 2.24) is 0 Å². The van der Waals surface area contributed by atoms with Crippen molar-refractivity contribution in [3.05, 3.63) is 65.2 Å². The molecule has 0 spiro atoms. The van der Waals surface area contributed by atoms with Crippen LogP contribution in [-0.4, -0.2) is 14.1 Å². The smallest absolute Gasteiger partial charge is 0.0361 e. The molecule has 1 nitrogen and oxygen atoms in total. The largest absolute Gasteiger partial charge is 0.378 e. The van der Waals surface area contributed by atoms with Crippen molar-refractivity contribution >= 4 is 17.8 Å². The van der Waals surface area contributed by atoms with Gasteiger partial charge in [-0.3, -0.25) is 0 Å². The van der Waals surface area contributed by atoms with E-state index in [4.69, 9.17) is 0 Å². The van der Waals surface area contributed by atoms with Crippen LogP contribution in [0.15, 0.2) is 48.5 Å². The summed E-state index contributed by atoms with van der Waals surface area (Å²) in [5.41, 5.74) is 5.08. The SMILES string of the molecule is CCc1ccc(C=Cc2ccc(N(C)C)cc2)cc1. The van der Waals surface area contributed by atoms with Crippen molar-refractivity contribution in [3.63, 3.8) is 0 Å². The van der Waals surface area contributed by atoms with E-state index in [1.165, 1.54) is 22.4 Å². The second-order valence-electron chi connectivity index (χ2n) is 4.91. The lowest BCUT2D eigenvalue weighted by Gasteiger charge is -2.11. The first-order chi connectivity index (χ1) is 9.19. The molecule has 2 aromatic carbocycles. The molecule has 0 aliphatic carbocycles. The molecule has 1 heteroatoms. The summed E-state index contributed by atoms with van der Waals surface area (Å²) in [4.78, 5) is 2.11. The summed E-state index contributed by atoms with van der Waals surface area (Å²) >= 11 is 0. The molecule has 0 bridgehead atoms. The number of hydrogen-bond donors (Lipinski definition) is 0. The Balaban J connectivity index is 2.08. The Hall–Kier alpha value is -2.02. The van der Waals surface area contributed by atoms with E-state index >= 15 is 0 Å². The molecule has 2 rings (SSSR count). The van der Waals surface area contributed by atoms with Crippen LogP contribution in [0.2, 0.25) is 0 Å². The van der Waals surface area contributed by atoms with Crippen LogP contribution in [0.3, 0.4) is 0 Å². The van der Waals surface area contributed by atoms with E-state index in [1.807, 2.05) is 0 Å². The molecular formula is C18H21N. The number of rotatable bonds is 4. The molecule has 0 amide bonds. The van der Waals surface area contributed by atoms with Crippen molar-refractivity contribution in [2.45, 2.75) is 13.3 Å². The maximum Gasteiger partial charge on any atom is 0.0361 e. The zero-order chi connectivity index (χ0) is 13.7. The first kappa shape index (κ1) is 13.4. The van der Waals surface area contributed by atoms with Gasteiger partial charge in [0, 0.05) is 19.8 Å². The highest BCUT2D eigenvalue weighted by molar-refractivity contribution is 5.70. The number of aryl methyl sites for hydroxylation is 1. The van der Waals surface area contributed by atoms with Crippen LogP contribution < -0.4 is 4.90 Å². The summed E-state index contributed by atoms with van der Waals surface area (Å²) in [7, 11) is 4.11. The molecule has 0 N–H and O–H groups in total. The molecule has 0 unspecified atom stereocenters. The van der Waals surface area contributed by atoms with Crippen molar-refractivity contribution in [3.8, 4) is 0 Å². The lowest BCUT2D eigenvalue weighted by molar-refractivity contribution is 1.13. The van der Waals surface area contributed by atoms with Gasteiger partial charge in [-0.15, -0.1) is 0 Å². The fraction of sp³-hybridized carbons (Fsp3) is 0.222. The molecule has 0 saturated heterocycles. The highest BCUT2D eigenvalue weighted by atomic mass is 15.1. The van der Waals surface area contributed by atoms with Gasteiger partial charge in [0.1, 0.15) is 0 Å². The Morgan fingerprint density at radius 3 is 1.68 bits per heavy atom. The summed E-state index contributed by atoms with van der Waals surface area (Å²) in [6.45, 7) is 2.18. The van der Waals surface area contributed by atoms with Gasteiger partial charge in [0.2, 0.25) is 0 Å². The Labute approximate surface area is 116 Å². The van der Waals surface area contributed by atoms with Crippen LogP contribution in [0.25, 0.3) is 12.2 Å². The molecular weight excluding hydrogens is 230 g/mol. The Morgan fingerprint density at radius 1 is 0.789 bits per heavy atom. The Kier molecular flexibility index (Phi) is 4.40. The van der Waals surface area contributed by atoms with E-state index < -0.39 is 0 Å². The Morgan fingerprint density at radius 2 is 1.26 bits per heavy atom. The summed E-state index contributed by atoms with van der Waals surface area (Å²) < 4.78 is 0. The van der Waals surface area contributed by atoms with Crippen molar-refractivity contribution in [1.29, 1.82) is 0 Å². The normalized spacial score (nSPS) is 10.9. The van der Waals surface area contributed by atoms with Gasteiger partial charge in [0.15, 0.2) is 0 Å². The zero-order valence-electron chi connectivity index (χ0n) is 11.9. The van der Waals surface area contributed by atoms with Crippen LogP contribution in [-0.2, 0) is 6.42 Å². The average molecular weight is 251 g/mol. The summed E-state index contributed by atoms with van der Waals surface area (Å²) in [6, 6.07) is 17.3. The number of nitrogens with zero attached hydrogens (tertiary/aromatic N) is 1. The lowest BCUT2D eigenvalue weighted by atomic mass is 10.1. The summed E-state index contributed by atoms with van der Waals surface area (Å²) in [6.07, 6.45) is 5.40. The van der Waals surface area contributed by atoms with Gasteiger partial charge in [-0.05, 0) is 35.2 Å². The molecule has 98 valence electrons. The highest BCUT2D eigenvalue weighted by Gasteiger charge is 1.94. The van der Waals surface area contributed by atoms with E-state index in [-0.39, 0.29) is 0 Å². The highest BCUT2D eigenvalue weighted by Crippen LogP contribution is 2.15. The fourth-order valence-corrected chi connectivity index (χ4v) is 1.94. The predicted octanol–water partition coefficient (Wildman–Crippen LogP) is 4.49. The second kappa shape index (κ2) is 6.24. The standard InChI is InChI=1S/C18H21N/c1-4-15-5-7-16(8-6-15)9-10-17-11-13-18(14-12-17)19(2)3/h5-14H,4H2,1-3H3. The number of benzene rings is 2. The van der Waals surface area contributed by atoms with Gasteiger partial charge >= 0.3 is 0 Å². The van der Waals surface area contributed by atoms with Crippen LogP contribution in [0.5, 0.6) is 0 Å². The van der Waals surface area contributed by atoms with Crippen molar-refractivity contribution in [2.24, 2.45) is 0 Å².